The van der Waals surface area contributed by atoms with Crippen LogP contribution in [0.3, 0.4) is 0 Å². The fourth-order valence-corrected chi connectivity index (χ4v) is 3.63. The number of likely N-dealkylation sites (tertiary alicyclic amines) is 1. The quantitative estimate of drug-likeness (QED) is 0.848. The zero-order valence-electron chi connectivity index (χ0n) is 12.1. The Kier molecular flexibility index (Phi) is 5.61. The molecule has 7 heteroatoms. The molecule has 0 spiro atoms. The van der Waals surface area contributed by atoms with Gasteiger partial charge in [0.15, 0.2) is 0 Å². The molecular weight excluding hydrogens is 324 g/mol. The fraction of sp³-hybridized carbons (Fsp3) is 0.400. The molecular formula is C15H19ClN2O3S. The predicted octanol–water partition coefficient (Wildman–Crippen LogP) is 1.88. The summed E-state index contributed by atoms with van der Waals surface area (Å²) in [6.45, 7) is 1.07. The van der Waals surface area contributed by atoms with Crippen molar-refractivity contribution in [2.45, 2.75) is 12.8 Å². The molecule has 1 fully saturated rings. The largest absolute Gasteiger partial charge is 0.339 e. The van der Waals surface area contributed by atoms with Gasteiger partial charge in [-0.1, -0.05) is 23.7 Å². The van der Waals surface area contributed by atoms with Crippen LogP contribution in [0.5, 0.6) is 0 Å². The number of halogens is 1. The van der Waals surface area contributed by atoms with Crippen molar-refractivity contribution in [3.05, 3.63) is 40.9 Å². The number of rotatable bonds is 4. The standard InChI is InChI=1S/C15H19ClN2O3S/c16-14-6-3-12(4-7-14)5-8-15(19)18-9-1-2-13(10-18)11-22(17,20)21/h3-8,13H,1-2,9-11H2,(H2,17,20,21)/b8-5-/t13-/m0/s1. The van der Waals surface area contributed by atoms with Gasteiger partial charge in [0.1, 0.15) is 0 Å². The first kappa shape index (κ1) is 17.0. The molecule has 120 valence electrons. The number of carbonyl (C=O) groups excluding carboxylic acids is 1. The van der Waals surface area contributed by atoms with Gasteiger partial charge in [-0.3, -0.25) is 4.79 Å². The molecule has 1 aromatic rings. The minimum absolute atomic E-state index is 0.0717. The van der Waals surface area contributed by atoms with Crippen LogP contribution in [-0.4, -0.2) is 38.1 Å². The van der Waals surface area contributed by atoms with Crippen molar-refractivity contribution in [2.24, 2.45) is 11.1 Å². The highest BCUT2D eigenvalue weighted by Gasteiger charge is 2.25. The summed E-state index contributed by atoms with van der Waals surface area (Å²) in [4.78, 5) is 13.9. The molecule has 1 atom stereocenters. The Balaban J connectivity index is 1.95. The Morgan fingerprint density at radius 3 is 2.68 bits per heavy atom. The number of nitrogens with zero attached hydrogens (tertiary/aromatic N) is 1. The molecule has 2 rings (SSSR count). The first-order valence-corrected chi connectivity index (χ1v) is 9.16. The van der Waals surface area contributed by atoms with Gasteiger partial charge in [0.2, 0.25) is 15.9 Å². The van der Waals surface area contributed by atoms with E-state index >= 15 is 0 Å². The van der Waals surface area contributed by atoms with E-state index in [0.29, 0.717) is 18.1 Å². The Morgan fingerprint density at radius 1 is 1.36 bits per heavy atom. The predicted molar refractivity (Wildman–Crippen MR) is 87.8 cm³/mol. The SMILES string of the molecule is NS(=O)(=O)C[C@H]1CCCN(C(=O)/C=C\c2ccc(Cl)cc2)C1. The third-order valence-corrected chi connectivity index (χ3v) is 4.78. The molecule has 0 bridgehead atoms. The lowest BCUT2D eigenvalue weighted by Gasteiger charge is -2.31. The number of piperidine rings is 1. The van der Waals surface area contributed by atoms with E-state index in [1.807, 2.05) is 12.1 Å². The van der Waals surface area contributed by atoms with Crippen LogP contribution in [0.15, 0.2) is 30.3 Å². The highest BCUT2D eigenvalue weighted by atomic mass is 35.5. The molecule has 0 radical (unpaired) electrons. The van der Waals surface area contributed by atoms with E-state index < -0.39 is 10.0 Å². The Morgan fingerprint density at radius 2 is 2.05 bits per heavy atom. The van der Waals surface area contributed by atoms with Gasteiger partial charge in [0, 0.05) is 24.2 Å². The second kappa shape index (κ2) is 7.26. The number of sulfonamides is 1. The minimum atomic E-state index is -3.50. The summed E-state index contributed by atoms with van der Waals surface area (Å²) < 4.78 is 22.3. The van der Waals surface area contributed by atoms with Crippen LogP contribution in [0.2, 0.25) is 5.02 Å². The molecule has 0 saturated carbocycles. The monoisotopic (exact) mass is 342 g/mol. The Bertz CT molecular complexity index is 656. The van der Waals surface area contributed by atoms with Crippen molar-refractivity contribution in [3.8, 4) is 0 Å². The first-order chi connectivity index (χ1) is 10.3. The number of carbonyl (C=O) groups is 1. The zero-order valence-corrected chi connectivity index (χ0v) is 13.7. The van der Waals surface area contributed by atoms with Gasteiger partial charge < -0.3 is 4.90 Å². The van der Waals surface area contributed by atoms with Crippen LogP contribution in [0.4, 0.5) is 0 Å². The molecule has 1 aromatic carbocycles. The number of amides is 1. The fourth-order valence-electron chi connectivity index (χ4n) is 2.58. The molecule has 1 aliphatic rings. The smallest absolute Gasteiger partial charge is 0.246 e. The van der Waals surface area contributed by atoms with E-state index in [4.69, 9.17) is 16.7 Å². The van der Waals surface area contributed by atoms with Crippen molar-refractivity contribution < 1.29 is 13.2 Å². The van der Waals surface area contributed by atoms with Crippen molar-refractivity contribution in [2.75, 3.05) is 18.8 Å². The first-order valence-electron chi connectivity index (χ1n) is 7.06. The topological polar surface area (TPSA) is 80.5 Å². The van der Waals surface area contributed by atoms with Crippen LogP contribution in [-0.2, 0) is 14.8 Å². The van der Waals surface area contributed by atoms with Gasteiger partial charge in [-0.2, -0.15) is 0 Å². The summed E-state index contributed by atoms with van der Waals surface area (Å²) in [6.07, 6.45) is 4.80. The normalized spacial score (nSPS) is 19.5. The minimum Gasteiger partial charge on any atom is -0.339 e. The van der Waals surface area contributed by atoms with Crippen molar-refractivity contribution in [1.29, 1.82) is 0 Å². The Labute approximate surface area is 135 Å². The average molecular weight is 343 g/mol. The lowest BCUT2D eigenvalue weighted by atomic mass is 10.00. The molecule has 0 aromatic heterocycles. The van der Waals surface area contributed by atoms with E-state index in [1.54, 1.807) is 23.1 Å². The van der Waals surface area contributed by atoms with E-state index in [9.17, 15) is 13.2 Å². The molecule has 1 amide bonds. The second-order valence-corrected chi connectivity index (χ2v) is 7.60. The summed E-state index contributed by atoms with van der Waals surface area (Å²) in [5, 5.41) is 5.72. The van der Waals surface area contributed by atoms with E-state index in [2.05, 4.69) is 0 Å². The molecule has 5 nitrogen and oxygen atoms in total. The third kappa shape index (κ3) is 5.44. The van der Waals surface area contributed by atoms with E-state index in [-0.39, 0.29) is 17.6 Å². The molecule has 1 saturated heterocycles. The maximum atomic E-state index is 12.2. The zero-order chi connectivity index (χ0) is 16.2. The highest BCUT2D eigenvalue weighted by molar-refractivity contribution is 7.89. The summed E-state index contributed by atoms with van der Waals surface area (Å²) in [7, 11) is -3.50. The number of primary sulfonamides is 1. The summed E-state index contributed by atoms with van der Waals surface area (Å²) in [5.74, 6) is -0.275. The summed E-state index contributed by atoms with van der Waals surface area (Å²) >= 11 is 5.81. The lowest BCUT2D eigenvalue weighted by Crippen LogP contribution is -2.41. The van der Waals surface area contributed by atoms with Crippen molar-refractivity contribution in [3.63, 3.8) is 0 Å². The molecule has 22 heavy (non-hydrogen) atoms. The van der Waals surface area contributed by atoms with Gasteiger partial charge >= 0.3 is 0 Å². The summed E-state index contributed by atoms with van der Waals surface area (Å²) in [6, 6.07) is 7.17. The van der Waals surface area contributed by atoms with Gasteiger partial charge in [0.25, 0.3) is 0 Å². The van der Waals surface area contributed by atoms with Crippen molar-refractivity contribution >= 4 is 33.6 Å². The van der Waals surface area contributed by atoms with E-state index in [0.717, 1.165) is 18.4 Å². The maximum absolute atomic E-state index is 12.2. The number of hydrogen-bond donors (Lipinski definition) is 1. The van der Waals surface area contributed by atoms with Gasteiger partial charge in [0.05, 0.1) is 5.75 Å². The average Bonchev–Trinajstić information content (AvgIpc) is 2.45. The number of nitrogens with two attached hydrogens (primary N) is 1. The Hall–Kier alpha value is -1.37. The van der Waals surface area contributed by atoms with Gasteiger partial charge in [-0.25, -0.2) is 13.6 Å². The maximum Gasteiger partial charge on any atom is 0.246 e. The molecule has 0 unspecified atom stereocenters. The van der Waals surface area contributed by atoms with Crippen LogP contribution < -0.4 is 5.14 Å². The van der Waals surface area contributed by atoms with Crippen LogP contribution in [0.1, 0.15) is 18.4 Å². The highest BCUT2D eigenvalue weighted by Crippen LogP contribution is 2.18. The number of hydrogen-bond acceptors (Lipinski definition) is 3. The molecule has 0 aliphatic carbocycles. The third-order valence-electron chi connectivity index (χ3n) is 3.59. The van der Waals surface area contributed by atoms with Crippen LogP contribution in [0, 0.1) is 5.92 Å². The van der Waals surface area contributed by atoms with Crippen LogP contribution in [0.25, 0.3) is 6.08 Å². The molecule has 2 N–H and O–H groups in total. The lowest BCUT2D eigenvalue weighted by molar-refractivity contribution is -0.127. The van der Waals surface area contributed by atoms with Crippen LogP contribution >= 0.6 is 11.6 Å². The molecule has 1 aliphatic heterocycles. The molecule has 1 heterocycles. The van der Waals surface area contributed by atoms with Gasteiger partial charge in [-0.15, -0.1) is 0 Å². The van der Waals surface area contributed by atoms with Crippen molar-refractivity contribution in [1.82, 2.24) is 4.90 Å². The second-order valence-electron chi connectivity index (χ2n) is 5.51. The van der Waals surface area contributed by atoms with E-state index in [1.165, 1.54) is 6.08 Å². The number of benzene rings is 1. The summed E-state index contributed by atoms with van der Waals surface area (Å²) in [5.41, 5.74) is 0.885. The van der Waals surface area contributed by atoms with Gasteiger partial charge in [-0.05, 0) is 42.5 Å².